The van der Waals surface area contributed by atoms with Crippen LogP contribution in [0.4, 0.5) is 17.4 Å². The van der Waals surface area contributed by atoms with E-state index in [1.165, 1.54) is 6.08 Å². The molecule has 3 N–H and O–H groups in total. The number of aromatic nitrogens is 1. The van der Waals surface area contributed by atoms with Crippen molar-refractivity contribution in [3.05, 3.63) is 64.5 Å². The van der Waals surface area contributed by atoms with Crippen LogP contribution in [0.15, 0.2) is 52.0 Å². The Kier molecular flexibility index (Phi) is 4.13. The summed E-state index contributed by atoms with van der Waals surface area (Å²) in [6, 6.07) is 10.2. The number of carbonyl (C=O) groups is 1. The third-order valence-corrected chi connectivity index (χ3v) is 4.19. The van der Waals surface area contributed by atoms with Gasteiger partial charge in [-0.2, -0.15) is 0 Å². The number of halogens is 1. The number of hydrogen-bond acceptors (Lipinski definition) is 6. The first-order chi connectivity index (χ1) is 13.0. The Labute approximate surface area is 158 Å². The molecular formula is C19H12ClN3O4. The molecule has 3 heterocycles. The fraction of sp³-hybridized carbons (Fsp3) is 0. The zero-order chi connectivity index (χ0) is 19.0. The Morgan fingerprint density at radius 2 is 2.00 bits per heavy atom. The van der Waals surface area contributed by atoms with Gasteiger partial charge < -0.3 is 19.9 Å². The summed E-state index contributed by atoms with van der Waals surface area (Å²) in [5.74, 6) is -1.33. The first kappa shape index (κ1) is 16.9. The molecule has 0 spiro atoms. The number of allylic oxidation sites excluding steroid dienone is 1. The number of rotatable bonds is 4. The second-order valence-corrected chi connectivity index (χ2v) is 6.12. The predicted octanol–water partition coefficient (Wildman–Crippen LogP) is 4.73. The third kappa shape index (κ3) is 3.16. The van der Waals surface area contributed by atoms with Crippen LogP contribution in [-0.2, 0) is 0 Å². The van der Waals surface area contributed by atoms with Gasteiger partial charge in [0.2, 0.25) is 5.88 Å². The summed E-state index contributed by atoms with van der Waals surface area (Å²) >= 11 is 5.85. The molecule has 2 aromatic heterocycles. The molecule has 0 saturated carbocycles. The van der Waals surface area contributed by atoms with Crippen molar-refractivity contribution >= 4 is 52.8 Å². The van der Waals surface area contributed by atoms with Crippen LogP contribution < -0.4 is 5.32 Å². The Hall–Kier alpha value is -3.58. The van der Waals surface area contributed by atoms with Crippen molar-refractivity contribution in [2.75, 3.05) is 5.32 Å². The van der Waals surface area contributed by atoms with E-state index in [0.29, 0.717) is 22.1 Å². The van der Waals surface area contributed by atoms with Gasteiger partial charge in [0.1, 0.15) is 0 Å². The number of aromatic hydroxyl groups is 1. The lowest BCUT2D eigenvalue weighted by atomic mass is 10.1. The summed E-state index contributed by atoms with van der Waals surface area (Å²) in [6.45, 7) is 0. The van der Waals surface area contributed by atoms with Crippen molar-refractivity contribution in [3.63, 3.8) is 0 Å². The average Bonchev–Trinajstić information content (AvgIpc) is 3.19. The van der Waals surface area contributed by atoms with Gasteiger partial charge in [0, 0.05) is 34.3 Å². The number of furan rings is 1. The summed E-state index contributed by atoms with van der Waals surface area (Å²) in [7, 11) is 0. The second kappa shape index (κ2) is 6.62. The van der Waals surface area contributed by atoms with Crippen molar-refractivity contribution < 1.29 is 19.4 Å². The Morgan fingerprint density at radius 1 is 1.22 bits per heavy atom. The number of anilines is 2. The van der Waals surface area contributed by atoms with E-state index < -0.39 is 11.7 Å². The quantitative estimate of drug-likeness (QED) is 0.602. The molecule has 3 aromatic rings. The number of nitrogens with one attached hydrogen (secondary N) is 1. The van der Waals surface area contributed by atoms with Crippen molar-refractivity contribution in [1.82, 2.24) is 4.98 Å². The first-order valence-electron chi connectivity index (χ1n) is 7.85. The van der Waals surface area contributed by atoms with Crippen molar-refractivity contribution in [2.45, 2.75) is 0 Å². The van der Waals surface area contributed by atoms with Crippen LogP contribution in [0.25, 0.3) is 11.6 Å². The van der Waals surface area contributed by atoms with E-state index in [-0.39, 0.29) is 17.2 Å². The van der Waals surface area contributed by atoms with E-state index in [2.05, 4.69) is 15.3 Å². The number of pyridine rings is 1. The molecule has 0 aliphatic carbocycles. The largest absolute Gasteiger partial charge is 0.504 e. The SMILES string of the molecule is O=C(O)c1c(Nc2ccc(Cl)cc2)oc(C=C2C=Nc3ncccc32)c1O. The van der Waals surface area contributed by atoms with Gasteiger partial charge in [-0.3, -0.25) is 0 Å². The summed E-state index contributed by atoms with van der Waals surface area (Å²) in [6.07, 6.45) is 4.72. The topological polar surface area (TPSA) is 108 Å². The summed E-state index contributed by atoms with van der Waals surface area (Å²) in [5, 5.41) is 23.2. The number of benzene rings is 1. The average molecular weight is 382 g/mol. The van der Waals surface area contributed by atoms with E-state index in [1.807, 2.05) is 6.07 Å². The highest BCUT2D eigenvalue weighted by atomic mass is 35.5. The van der Waals surface area contributed by atoms with Crippen LogP contribution in [-0.4, -0.2) is 27.4 Å². The Morgan fingerprint density at radius 3 is 2.74 bits per heavy atom. The number of carboxylic acid groups (broad SMARTS) is 1. The first-order valence-corrected chi connectivity index (χ1v) is 8.23. The molecular weight excluding hydrogens is 370 g/mol. The zero-order valence-electron chi connectivity index (χ0n) is 13.7. The lowest BCUT2D eigenvalue weighted by Gasteiger charge is -2.04. The van der Waals surface area contributed by atoms with Crippen molar-refractivity contribution in [3.8, 4) is 5.75 Å². The molecule has 1 aliphatic rings. The number of carboxylic acids is 1. The third-order valence-electron chi connectivity index (χ3n) is 3.94. The van der Waals surface area contributed by atoms with E-state index in [9.17, 15) is 15.0 Å². The van der Waals surface area contributed by atoms with Crippen molar-refractivity contribution in [1.29, 1.82) is 0 Å². The number of nitrogens with zero attached hydrogens (tertiary/aromatic N) is 2. The van der Waals surface area contributed by atoms with Crippen LogP contribution in [0.1, 0.15) is 21.7 Å². The second-order valence-electron chi connectivity index (χ2n) is 5.69. The van der Waals surface area contributed by atoms with Crippen LogP contribution in [0, 0.1) is 0 Å². The van der Waals surface area contributed by atoms with Gasteiger partial charge in [-0.05, 0) is 42.5 Å². The molecule has 8 heteroatoms. The predicted molar refractivity (Wildman–Crippen MR) is 102 cm³/mol. The highest BCUT2D eigenvalue weighted by Gasteiger charge is 2.26. The molecule has 0 radical (unpaired) electrons. The summed E-state index contributed by atoms with van der Waals surface area (Å²) < 4.78 is 5.58. The molecule has 0 unspecified atom stereocenters. The maximum absolute atomic E-state index is 11.6. The zero-order valence-corrected chi connectivity index (χ0v) is 14.4. The Balaban J connectivity index is 1.75. The monoisotopic (exact) mass is 381 g/mol. The van der Waals surface area contributed by atoms with E-state index >= 15 is 0 Å². The highest BCUT2D eigenvalue weighted by Crippen LogP contribution is 2.38. The molecule has 0 saturated heterocycles. The molecule has 0 amide bonds. The van der Waals surface area contributed by atoms with E-state index in [1.54, 1.807) is 42.7 Å². The normalized spacial score (nSPS) is 13.7. The molecule has 7 nitrogen and oxygen atoms in total. The van der Waals surface area contributed by atoms with Crippen molar-refractivity contribution in [2.24, 2.45) is 4.99 Å². The smallest absolute Gasteiger partial charge is 0.345 e. The maximum Gasteiger partial charge on any atom is 0.345 e. The molecule has 0 atom stereocenters. The van der Waals surface area contributed by atoms with Gasteiger partial charge in [0.05, 0.1) is 0 Å². The van der Waals surface area contributed by atoms with Gasteiger partial charge in [-0.15, -0.1) is 0 Å². The minimum Gasteiger partial charge on any atom is -0.504 e. The standard InChI is InChI=1S/C19H12ClN3O4/c20-11-3-5-12(6-4-11)23-18-15(19(25)26)16(24)14(27-18)8-10-9-22-17-13(10)2-1-7-21-17/h1-9,23-24H,(H,25,26). The van der Waals surface area contributed by atoms with Crippen LogP contribution in [0.2, 0.25) is 5.02 Å². The molecule has 27 heavy (non-hydrogen) atoms. The molecule has 4 rings (SSSR count). The number of aliphatic imine (C=N–C) groups is 1. The number of hydrogen-bond donors (Lipinski definition) is 3. The van der Waals surface area contributed by atoms with Gasteiger partial charge in [-0.1, -0.05) is 11.6 Å². The van der Waals surface area contributed by atoms with Crippen LogP contribution in [0.3, 0.4) is 0 Å². The minimum atomic E-state index is -1.32. The highest BCUT2D eigenvalue weighted by molar-refractivity contribution is 6.30. The van der Waals surface area contributed by atoms with Gasteiger partial charge >= 0.3 is 5.97 Å². The van der Waals surface area contributed by atoms with Gasteiger partial charge in [0.15, 0.2) is 22.9 Å². The van der Waals surface area contributed by atoms with E-state index in [4.69, 9.17) is 16.0 Å². The van der Waals surface area contributed by atoms with E-state index in [0.717, 1.165) is 5.56 Å². The Bertz CT molecular complexity index is 1100. The number of fused-ring (bicyclic) bond motifs is 1. The minimum absolute atomic E-state index is 0.00187. The fourth-order valence-electron chi connectivity index (χ4n) is 2.67. The summed E-state index contributed by atoms with van der Waals surface area (Å²) in [5.41, 5.74) is 1.61. The van der Waals surface area contributed by atoms with Gasteiger partial charge in [-0.25, -0.2) is 14.8 Å². The molecule has 1 aliphatic heterocycles. The molecule has 1 aromatic carbocycles. The van der Waals surface area contributed by atoms with Gasteiger partial charge in [0.25, 0.3) is 0 Å². The molecule has 0 bridgehead atoms. The molecule has 134 valence electrons. The molecule has 0 fully saturated rings. The summed E-state index contributed by atoms with van der Waals surface area (Å²) in [4.78, 5) is 19.9. The lowest BCUT2D eigenvalue weighted by Crippen LogP contribution is -1.99. The lowest BCUT2D eigenvalue weighted by molar-refractivity contribution is 0.0695. The fourth-order valence-corrected chi connectivity index (χ4v) is 2.80. The van der Waals surface area contributed by atoms with Crippen LogP contribution in [0.5, 0.6) is 5.75 Å². The number of aromatic carboxylic acids is 1. The van der Waals surface area contributed by atoms with Crippen LogP contribution >= 0.6 is 11.6 Å². The maximum atomic E-state index is 11.6.